The first-order chi connectivity index (χ1) is 5.27. The fourth-order valence-corrected chi connectivity index (χ4v) is 0.870. The van der Waals surface area contributed by atoms with Crippen LogP contribution in [-0.4, -0.2) is 14.6 Å². The third kappa shape index (κ3) is 1.18. The lowest BCUT2D eigenvalue weighted by Gasteiger charge is -1.91. The summed E-state index contributed by atoms with van der Waals surface area (Å²) in [5, 5.41) is 3.77. The molecule has 0 spiro atoms. The van der Waals surface area contributed by atoms with E-state index in [0.29, 0.717) is 11.3 Å². The molecule has 0 saturated carbocycles. The lowest BCUT2D eigenvalue weighted by atomic mass is 10.5. The SMILES string of the molecule is Cl.Nc1cnn2cc(F)cnc12. The fourth-order valence-electron chi connectivity index (χ4n) is 0.870. The highest BCUT2D eigenvalue weighted by Gasteiger charge is 2.00. The van der Waals surface area contributed by atoms with Crippen LogP contribution in [0.1, 0.15) is 0 Å². The number of hydrogen-bond donors (Lipinski definition) is 1. The van der Waals surface area contributed by atoms with Crippen LogP contribution in [0.2, 0.25) is 0 Å². The molecule has 0 amide bonds. The lowest BCUT2D eigenvalue weighted by Crippen LogP contribution is -1.92. The minimum Gasteiger partial charge on any atom is -0.394 e. The average molecular weight is 189 g/mol. The van der Waals surface area contributed by atoms with Gasteiger partial charge in [0.15, 0.2) is 11.5 Å². The standard InChI is InChI=1S/C6H5FN4.ClH/c7-4-1-9-6-5(8)2-10-11(6)3-4;/h1-3H,8H2;1H. The number of halogens is 2. The Bertz CT molecular complexity index is 399. The minimum atomic E-state index is -0.430. The van der Waals surface area contributed by atoms with Gasteiger partial charge in [-0.1, -0.05) is 0 Å². The third-order valence-electron chi connectivity index (χ3n) is 1.35. The van der Waals surface area contributed by atoms with Gasteiger partial charge in [-0.25, -0.2) is 13.9 Å². The monoisotopic (exact) mass is 188 g/mol. The van der Waals surface area contributed by atoms with Crippen LogP contribution < -0.4 is 5.73 Å². The van der Waals surface area contributed by atoms with E-state index in [-0.39, 0.29) is 12.4 Å². The summed E-state index contributed by atoms with van der Waals surface area (Å²) in [4.78, 5) is 3.74. The van der Waals surface area contributed by atoms with Crippen LogP contribution in [0.25, 0.3) is 5.65 Å². The largest absolute Gasteiger partial charge is 0.394 e. The van der Waals surface area contributed by atoms with Gasteiger partial charge in [-0.05, 0) is 0 Å². The molecule has 2 rings (SSSR count). The van der Waals surface area contributed by atoms with Gasteiger partial charge in [0.1, 0.15) is 0 Å². The second-order valence-electron chi connectivity index (χ2n) is 2.14. The molecule has 0 atom stereocenters. The molecule has 12 heavy (non-hydrogen) atoms. The molecule has 0 aliphatic carbocycles. The summed E-state index contributed by atoms with van der Waals surface area (Å²) in [6.45, 7) is 0. The van der Waals surface area contributed by atoms with Crippen LogP contribution in [0.3, 0.4) is 0 Å². The van der Waals surface area contributed by atoms with Crippen molar-refractivity contribution in [3.63, 3.8) is 0 Å². The Hall–Kier alpha value is -1.36. The predicted molar refractivity (Wildman–Crippen MR) is 44.6 cm³/mol. The van der Waals surface area contributed by atoms with Gasteiger partial charge in [0.2, 0.25) is 0 Å². The van der Waals surface area contributed by atoms with Crippen LogP contribution in [-0.2, 0) is 0 Å². The van der Waals surface area contributed by atoms with Crippen molar-refractivity contribution in [3.05, 3.63) is 24.4 Å². The topological polar surface area (TPSA) is 56.2 Å². The maximum Gasteiger partial charge on any atom is 0.178 e. The molecule has 0 aliphatic rings. The molecule has 0 radical (unpaired) electrons. The van der Waals surface area contributed by atoms with E-state index in [4.69, 9.17) is 5.73 Å². The van der Waals surface area contributed by atoms with Crippen molar-refractivity contribution < 1.29 is 4.39 Å². The lowest BCUT2D eigenvalue weighted by molar-refractivity contribution is 0.607. The molecule has 4 nitrogen and oxygen atoms in total. The molecule has 0 unspecified atom stereocenters. The van der Waals surface area contributed by atoms with Gasteiger partial charge in [-0.3, -0.25) is 0 Å². The quantitative estimate of drug-likeness (QED) is 0.668. The van der Waals surface area contributed by atoms with Gasteiger partial charge in [0.25, 0.3) is 0 Å². The maximum absolute atomic E-state index is 12.5. The highest BCUT2D eigenvalue weighted by atomic mass is 35.5. The molecular weight excluding hydrogens is 183 g/mol. The predicted octanol–water partition coefficient (Wildman–Crippen LogP) is 0.872. The highest BCUT2D eigenvalue weighted by molar-refractivity contribution is 5.85. The van der Waals surface area contributed by atoms with Crippen LogP contribution >= 0.6 is 12.4 Å². The Morgan fingerprint density at radius 2 is 2.17 bits per heavy atom. The summed E-state index contributed by atoms with van der Waals surface area (Å²) in [5.41, 5.74) is 6.39. The minimum absolute atomic E-state index is 0. The molecule has 0 bridgehead atoms. The van der Waals surface area contributed by atoms with Crippen molar-refractivity contribution in [2.75, 3.05) is 5.73 Å². The normalized spacial score (nSPS) is 9.75. The van der Waals surface area contributed by atoms with Crippen LogP contribution in [0.4, 0.5) is 10.1 Å². The fraction of sp³-hybridized carbons (Fsp3) is 0. The number of hydrogen-bond acceptors (Lipinski definition) is 3. The number of nitrogens with zero attached hydrogens (tertiary/aromatic N) is 3. The summed E-state index contributed by atoms with van der Waals surface area (Å²) < 4.78 is 13.8. The number of rotatable bonds is 0. The first kappa shape index (κ1) is 8.73. The Kier molecular flexibility index (Phi) is 2.14. The zero-order valence-electron chi connectivity index (χ0n) is 5.94. The Morgan fingerprint density at radius 3 is 2.92 bits per heavy atom. The number of nitrogen functional groups attached to an aromatic ring is 1. The van der Waals surface area contributed by atoms with Gasteiger partial charge < -0.3 is 5.73 Å². The highest BCUT2D eigenvalue weighted by Crippen LogP contribution is 2.08. The average Bonchev–Trinajstić information content (AvgIpc) is 2.32. The summed E-state index contributed by atoms with van der Waals surface area (Å²) >= 11 is 0. The molecule has 2 heterocycles. The Balaban J connectivity index is 0.000000720. The maximum atomic E-state index is 12.5. The number of anilines is 1. The van der Waals surface area contributed by atoms with E-state index >= 15 is 0 Å². The molecule has 2 aromatic rings. The second kappa shape index (κ2) is 2.94. The zero-order valence-corrected chi connectivity index (χ0v) is 6.75. The van der Waals surface area contributed by atoms with E-state index in [0.717, 1.165) is 6.20 Å². The molecule has 0 aliphatic heterocycles. The van der Waals surface area contributed by atoms with Crippen molar-refractivity contribution in [2.45, 2.75) is 0 Å². The Labute approximate surface area is 73.6 Å². The van der Waals surface area contributed by atoms with E-state index in [1.165, 1.54) is 16.9 Å². The molecule has 0 fully saturated rings. The van der Waals surface area contributed by atoms with E-state index in [9.17, 15) is 4.39 Å². The zero-order chi connectivity index (χ0) is 7.84. The summed E-state index contributed by atoms with van der Waals surface area (Å²) in [6, 6.07) is 0. The molecule has 0 aromatic carbocycles. The van der Waals surface area contributed by atoms with E-state index in [1.807, 2.05) is 0 Å². The number of aromatic nitrogens is 3. The molecule has 2 N–H and O–H groups in total. The van der Waals surface area contributed by atoms with Crippen molar-refractivity contribution in [3.8, 4) is 0 Å². The molecule has 64 valence electrons. The molecular formula is C6H6ClFN4. The molecule has 0 saturated heterocycles. The first-order valence-corrected chi connectivity index (χ1v) is 3.02. The third-order valence-corrected chi connectivity index (χ3v) is 1.35. The first-order valence-electron chi connectivity index (χ1n) is 3.02. The van der Waals surface area contributed by atoms with E-state index in [1.54, 1.807) is 0 Å². The molecule has 2 aromatic heterocycles. The van der Waals surface area contributed by atoms with Gasteiger partial charge in [-0.2, -0.15) is 5.10 Å². The van der Waals surface area contributed by atoms with Crippen molar-refractivity contribution in [1.82, 2.24) is 14.6 Å². The second-order valence-corrected chi connectivity index (χ2v) is 2.14. The summed E-state index contributed by atoms with van der Waals surface area (Å²) in [5.74, 6) is -0.430. The van der Waals surface area contributed by atoms with Crippen molar-refractivity contribution >= 4 is 23.7 Å². The van der Waals surface area contributed by atoms with E-state index in [2.05, 4.69) is 10.1 Å². The number of nitrogens with two attached hydrogens (primary N) is 1. The van der Waals surface area contributed by atoms with Gasteiger partial charge in [-0.15, -0.1) is 12.4 Å². The Morgan fingerprint density at radius 1 is 1.42 bits per heavy atom. The van der Waals surface area contributed by atoms with Crippen molar-refractivity contribution in [1.29, 1.82) is 0 Å². The number of fused-ring (bicyclic) bond motifs is 1. The smallest absolute Gasteiger partial charge is 0.178 e. The van der Waals surface area contributed by atoms with E-state index < -0.39 is 5.82 Å². The van der Waals surface area contributed by atoms with Gasteiger partial charge >= 0.3 is 0 Å². The summed E-state index contributed by atoms with van der Waals surface area (Å²) in [6.07, 6.45) is 3.76. The van der Waals surface area contributed by atoms with Crippen molar-refractivity contribution in [2.24, 2.45) is 0 Å². The van der Waals surface area contributed by atoms with Crippen LogP contribution in [0.15, 0.2) is 18.6 Å². The van der Waals surface area contributed by atoms with Gasteiger partial charge in [0, 0.05) is 0 Å². The summed E-state index contributed by atoms with van der Waals surface area (Å²) in [7, 11) is 0. The van der Waals surface area contributed by atoms with Gasteiger partial charge in [0.05, 0.1) is 24.3 Å². The molecule has 6 heteroatoms. The van der Waals surface area contributed by atoms with Crippen LogP contribution in [0, 0.1) is 5.82 Å². The van der Waals surface area contributed by atoms with Crippen LogP contribution in [0.5, 0.6) is 0 Å².